The Bertz CT molecular complexity index is 381. The second-order valence-corrected chi connectivity index (χ2v) is 14.4. The highest BCUT2D eigenvalue weighted by atomic mass is 31.2. The van der Waals surface area contributed by atoms with Gasteiger partial charge in [0.15, 0.2) is 0 Å². The zero-order valence-electron chi connectivity index (χ0n) is 22.3. The molecule has 0 N–H and O–H groups in total. The minimum atomic E-state index is -1.04. The van der Waals surface area contributed by atoms with Crippen molar-refractivity contribution in [1.29, 1.82) is 0 Å². The SMILES string of the molecule is C=CC(=O)OCC[P+](CCCCCCCC)(CCCCCCCC)CCCCCCCC. The van der Waals surface area contributed by atoms with Crippen molar-refractivity contribution in [2.24, 2.45) is 0 Å². The molecule has 0 saturated heterocycles. The van der Waals surface area contributed by atoms with Gasteiger partial charge in [-0.25, -0.2) is 4.79 Å². The number of unbranched alkanes of at least 4 members (excludes halogenated alkanes) is 15. The van der Waals surface area contributed by atoms with E-state index in [1.165, 1.54) is 140 Å². The summed E-state index contributed by atoms with van der Waals surface area (Å²) in [6.45, 7) is 11.1. The van der Waals surface area contributed by atoms with Gasteiger partial charge in [-0.05, 0) is 38.5 Å². The molecule has 0 rings (SSSR count). The van der Waals surface area contributed by atoms with Crippen molar-refractivity contribution < 1.29 is 9.53 Å². The van der Waals surface area contributed by atoms with Crippen molar-refractivity contribution in [3.63, 3.8) is 0 Å². The third kappa shape index (κ3) is 19.1. The summed E-state index contributed by atoms with van der Waals surface area (Å²) in [6.07, 6.45) is 31.6. The molecule has 3 heteroatoms. The molecule has 2 nitrogen and oxygen atoms in total. The van der Waals surface area contributed by atoms with E-state index < -0.39 is 7.26 Å². The van der Waals surface area contributed by atoms with Gasteiger partial charge in [-0.15, -0.1) is 0 Å². The number of hydrogen-bond donors (Lipinski definition) is 0. The van der Waals surface area contributed by atoms with Crippen LogP contribution in [0.25, 0.3) is 0 Å². The van der Waals surface area contributed by atoms with Crippen LogP contribution in [0.5, 0.6) is 0 Å². The van der Waals surface area contributed by atoms with Gasteiger partial charge >= 0.3 is 5.97 Å². The molecule has 0 radical (unpaired) electrons. The smallest absolute Gasteiger partial charge is 0.330 e. The molecular formula is C29H58O2P+. The largest absolute Gasteiger partial charge is 0.459 e. The van der Waals surface area contributed by atoms with Crippen LogP contribution in [0, 0.1) is 0 Å². The Morgan fingerprint density at radius 3 is 1.28 bits per heavy atom. The van der Waals surface area contributed by atoms with E-state index in [4.69, 9.17) is 4.74 Å². The molecule has 0 spiro atoms. The Hall–Kier alpha value is -0.360. The average molecular weight is 470 g/mol. The van der Waals surface area contributed by atoms with Gasteiger partial charge in [-0.3, -0.25) is 0 Å². The maximum absolute atomic E-state index is 11.7. The van der Waals surface area contributed by atoms with Gasteiger partial charge < -0.3 is 4.74 Å². The van der Waals surface area contributed by atoms with Crippen LogP contribution in [0.2, 0.25) is 0 Å². The first-order chi connectivity index (χ1) is 15.6. The number of hydrogen-bond acceptors (Lipinski definition) is 2. The molecule has 0 atom stereocenters. The highest BCUT2D eigenvalue weighted by Gasteiger charge is 2.35. The van der Waals surface area contributed by atoms with E-state index in [1.807, 2.05) is 0 Å². The van der Waals surface area contributed by atoms with Crippen LogP contribution >= 0.6 is 7.26 Å². The summed E-state index contributed by atoms with van der Waals surface area (Å²) in [5.41, 5.74) is 0. The van der Waals surface area contributed by atoms with Gasteiger partial charge in [-0.2, -0.15) is 0 Å². The molecule has 0 aliphatic carbocycles. The van der Waals surface area contributed by atoms with Crippen molar-refractivity contribution in [1.82, 2.24) is 0 Å². The Kier molecular flexibility index (Phi) is 23.5. The first-order valence-electron chi connectivity index (χ1n) is 14.3. The van der Waals surface area contributed by atoms with Crippen LogP contribution in [0.4, 0.5) is 0 Å². The molecule has 0 unspecified atom stereocenters. The van der Waals surface area contributed by atoms with E-state index in [0.29, 0.717) is 6.61 Å². The van der Waals surface area contributed by atoms with Crippen molar-refractivity contribution in [3.05, 3.63) is 12.7 Å². The summed E-state index contributed by atoms with van der Waals surface area (Å²) >= 11 is 0. The van der Waals surface area contributed by atoms with Gasteiger partial charge in [0.2, 0.25) is 0 Å². The highest BCUT2D eigenvalue weighted by Crippen LogP contribution is 2.60. The fourth-order valence-electron chi connectivity index (χ4n) is 4.75. The van der Waals surface area contributed by atoms with Gasteiger partial charge in [0.1, 0.15) is 6.61 Å². The Balaban J connectivity index is 4.83. The van der Waals surface area contributed by atoms with Gasteiger partial charge in [-0.1, -0.05) is 104 Å². The highest BCUT2D eigenvalue weighted by molar-refractivity contribution is 7.75. The van der Waals surface area contributed by atoms with E-state index in [0.717, 1.165) is 6.16 Å². The zero-order chi connectivity index (χ0) is 23.8. The fourth-order valence-corrected chi connectivity index (χ4v) is 9.26. The van der Waals surface area contributed by atoms with E-state index in [2.05, 4.69) is 27.4 Å². The van der Waals surface area contributed by atoms with E-state index >= 15 is 0 Å². The van der Waals surface area contributed by atoms with Crippen LogP contribution in [0.3, 0.4) is 0 Å². The molecule has 0 aliphatic rings. The lowest BCUT2D eigenvalue weighted by Crippen LogP contribution is -2.17. The molecule has 0 aromatic carbocycles. The lowest BCUT2D eigenvalue weighted by molar-refractivity contribution is -0.137. The summed E-state index contributed by atoms with van der Waals surface area (Å²) in [5.74, 6) is -0.248. The predicted octanol–water partition coefficient (Wildman–Crippen LogP) is 9.81. The molecule has 0 fully saturated rings. The quantitative estimate of drug-likeness (QED) is 0.0575. The summed E-state index contributed by atoms with van der Waals surface area (Å²) < 4.78 is 5.50. The first kappa shape index (κ1) is 31.6. The maximum Gasteiger partial charge on any atom is 0.330 e. The fraction of sp³-hybridized carbons (Fsp3) is 0.897. The van der Waals surface area contributed by atoms with Crippen LogP contribution in [0.1, 0.15) is 136 Å². The Morgan fingerprint density at radius 1 is 0.594 bits per heavy atom. The average Bonchev–Trinajstić information content (AvgIpc) is 2.80. The minimum absolute atomic E-state index is 0.248. The van der Waals surface area contributed by atoms with Gasteiger partial charge in [0, 0.05) is 13.3 Å². The van der Waals surface area contributed by atoms with E-state index in [9.17, 15) is 4.79 Å². The number of esters is 1. The van der Waals surface area contributed by atoms with Crippen LogP contribution < -0.4 is 0 Å². The Morgan fingerprint density at radius 2 is 0.938 bits per heavy atom. The number of rotatable bonds is 25. The summed E-state index contributed by atoms with van der Waals surface area (Å²) in [7, 11) is -1.04. The topological polar surface area (TPSA) is 26.3 Å². The molecule has 0 aromatic heterocycles. The molecule has 0 bridgehead atoms. The molecule has 0 amide bonds. The first-order valence-corrected chi connectivity index (χ1v) is 16.8. The predicted molar refractivity (Wildman–Crippen MR) is 148 cm³/mol. The van der Waals surface area contributed by atoms with Crippen molar-refractivity contribution in [2.45, 2.75) is 136 Å². The van der Waals surface area contributed by atoms with Gasteiger partial charge in [0.25, 0.3) is 0 Å². The molecule has 0 saturated carbocycles. The second kappa shape index (κ2) is 23.8. The number of carbonyl (C=O) groups excluding carboxylic acids is 1. The van der Waals surface area contributed by atoms with Crippen LogP contribution in [-0.4, -0.2) is 37.2 Å². The lowest BCUT2D eigenvalue weighted by atomic mass is 10.1. The summed E-state index contributed by atoms with van der Waals surface area (Å²) in [6, 6.07) is 0. The summed E-state index contributed by atoms with van der Waals surface area (Å²) in [5, 5.41) is 0. The number of ether oxygens (including phenoxy) is 1. The van der Waals surface area contributed by atoms with Crippen LogP contribution in [0.15, 0.2) is 12.7 Å². The van der Waals surface area contributed by atoms with Crippen molar-refractivity contribution in [2.75, 3.05) is 31.3 Å². The Labute approximate surface area is 203 Å². The van der Waals surface area contributed by atoms with E-state index in [1.54, 1.807) is 0 Å². The molecule has 0 aliphatic heterocycles. The molecule has 0 aromatic rings. The van der Waals surface area contributed by atoms with Crippen LogP contribution in [-0.2, 0) is 9.53 Å². The molecular weight excluding hydrogens is 411 g/mol. The zero-order valence-corrected chi connectivity index (χ0v) is 23.2. The monoisotopic (exact) mass is 469 g/mol. The van der Waals surface area contributed by atoms with E-state index in [-0.39, 0.29) is 5.97 Å². The van der Waals surface area contributed by atoms with Gasteiger partial charge in [0.05, 0.1) is 24.6 Å². The maximum atomic E-state index is 11.7. The summed E-state index contributed by atoms with van der Waals surface area (Å²) in [4.78, 5) is 11.7. The second-order valence-electron chi connectivity index (χ2n) is 9.91. The third-order valence-corrected chi connectivity index (χ3v) is 11.9. The van der Waals surface area contributed by atoms with Crippen molar-refractivity contribution in [3.8, 4) is 0 Å². The molecule has 190 valence electrons. The lowest BCUT2D eigenvalue weighted by Gasteiger charge is -2.28. The van der Waals surface area contributed by atoms with Crippen molar-refractivity contribution >= 4 is 13.2 Å². The third-order valence-electron chi connectivity index (χ3n) is 6.93. The normalized spacial score (nSPS) is 11.6. The molecule has 32 heavy (non-hydrogen) atoms. The minimum Gasteiger partial charge on any atom is -0.459 e. The number of carbonyl (C=O) groups is 1. The standard InChI is InChI=1S/C29H58O2P/c1-5-9-12-15-18-21-25-32(28-24-31-29(30)8-4,26-22-19-16-13-10-6-2)27-23-20-17-14-11-7-3/h8H,4-7,9-28H2,1-3H3/q+1. The molecule has 0 heterocycles.